The predicted molar refractivity (Wildman–Crippen MR) is 62.9 cm³/mol. The lowest BCUT2D eigenvalue weighted by molar-refractivity contribution is 0.586. The minimum Gasteiger partial charge on any atom is -0.464 e. The summed E-state index contributed by atoms with van der Waals surface area (Å²) in [5, 5.41) is 1.17. The van der Waals surface area contributed by atoms with Gasteiger partial charge in [0.2, 0.25) is 0 Å². The summed E-state index contributed by atoms with van der Waals surface area (Å²) < 4.78 is 5.31. The maximum Gasteiger partial charge on any atom is 0.133 e. The van der Waals surface area contributed by atoms with Crippen LogP contribution in [0.5, 0.6) is 0 Å². The van der Waals surface area contributed by atoms with Crippen molar-refractivity contribution in [3.05, 3.63) is 36.1 Å². The number of hydrogen-bond donors (Lipinski definition) is 1. The van der Waals surface area contributed by atoms with Gasteiger partial charge >= 0.3 is 0 Å². The molecule has 0 radical (unpaired) electrons. The van der Waals surface area contributed by atoms with Crippen LogP contribution in [-0.2, 0) is 0 Å². The molecular weight excluding hydrogens is 186 g/mol. The van der Waals surface area contributed by atoms with Crippen molar-refractivity contribution in [3.8, 4) is 0 Å². The molecule has 0 aliphatic carbocycles. The normalized spacial score (nSPS) is 15.4. The molecule has 1 aromatic carbocycles. The van der Waals surface area contributed by atoms with Gasteiger partial charge in [-0.05, 0) is 43.0 Å². The largest absolute Gasteiger partial charge is 0.464 e. The van der Waals surface area contributed by atoms with E-state index >= 15 is 0 Å². The Morgan fingerprint density at radius 2 is 2.07 bits per heavy atom. The van der Waals surface area contributed by atoms with E-state index in [1.807, 2.05) is 19.1 Å². The lowest BCUT2D eigenvalue weighted by Gasteiger charge is -2.14. The van der Waals surface area contributed by atoms with E-state index < -0.39 is 0 Å². The number of benzene rings is 1. The van der Waals surface area contributed by atoms with Gasteiger partial charge in [0.15, 0.2) is 0 Å². The van der Waals surface area contributed by atoms with Crippen LogP contribution in [0.25, 0.3) is 11.0 Å². The molecule has 0 aliphatic rings. The van der Waals surface area contributed by atoms with Crippen LogP contribution in [0.15, 0.2) is 34.9 Å². The lowest BCUT2D eigenvalue weighted by atomic mass is 9.94. The first kappa shape index (κ1) is 10.2. The molecule has 2 heteroatoms. The van der Waals surface area contributed by atoms with Crippen molar-refractivity contribution in [2.75, 3.05) is 0 Å². The quantitative estimate of drug-likeness (QED) is 0.831. The van der Waals surface area contributed by atoms with E-state index in [0.29, 0.717) is 5.92 Å². The van der Waals surface area contributed by atoms with Gasteiger partial charge in [-0.1, -0.05) is 13.0 Å². The number of nitrogens with two attached hydrogens (primary N) is 1. The zero-order valence-electron chi connectivity index (χ0n) is 9.23. The fraction of sp³-hybridized carbons (Fsp3) is 0.385. The maximum atomic E-state index is 5.80. The van der Waals surface area contributed by atoms with Gasteiger partial charge in [0.1, 0.15) is 5.58 Å². The van der Waals surface area contributed by atoms with E-state index in [9.17, 15) is 0 Å². The molecule has 80 valence electrons. The van der Waals surface area contributed by atoms with Gasteiger partial charge < -0.3 is 10.2 Å². The van der Waals surface area contributed by atoms with E-state index in [1.54, 1.807) is 6.26 Å². The minimum absolute atomic E-state index is 0.250. The predicted octanol–water partition coefficient (Wildman–Crippen LogP) is 3.27. The standard InChI is InChI=1S/C13H17NO/c1-9(7-10(2)14)11-3-4-13-12(8-11)5-6-15-13/h3-6,8-10H,7,14H2,1-2H3. The highest BCUT2D eigenvalue weighted by Gasteiger charge is 2.09. The van der Waals surface area contributed by atoms with E-state index in [0.717, 1.165) is 12.0 Å². The lowest BCUT2D eigenvalue weighted by Crippen LogP contribution is -2.17. The average molecular weight is 203 g/mol. The highest BCUT2D eigenvalue weighted by molar-refractivity contribution is 5.77. The minimum atomic E-state index is 0.250. The SMILES string of the molecule is CC(N)CC(C)c1ccc2occc2c1. The van der Waals surface area contributed by atoms with Gasteiger partial charge in [-0.25, -0.2) is 0 Å². The molecule has 1 aromatic heterocycles. The van der Waals surface area contributed by atoms with Crippen LogP contribution in [0, 0.1) is 0 Å². The Morgan fingerprint density at radius 3 is 2.80 bits per heavy atom. The van der Waals surface area contributed by atoms with Crippen LogP contribution in [0.4, 0.5) is 0 Å². The molecule has 2 unspecified atom stereocenters. The van der Waals surface area contributed by atoms with Crippen molar-refractivity contribution >= 4 is 11.0 Å². The Balaban J connectivity index is 2.27. The van der Waals surface area contributed by atoms with Crippen LogP contribution in [-0.4, -0.2) is 6.04 Å². The van der Waals surface area contributed by atoms with Crippen molar-refractivity contribution < 1.29 is 4.42 Å². The summed E-state index contributed by atoms with van der Waals surface area (Å²) in [6.45, 7) is 4.26. The molecular formula is C13H17NO. The Labute approximate surface area is 90.1 Å². The topological polar surface area (TPSA) is 39.2 Å². The smallest absolute Gasteiger partial charge is 0.133 e. The molecule has 0 saturated heterocycles. The van der Waals surface area contributed by atoms with E-state index in [2.05, 4.69) is 19.1 Å². The summed E-state index contributed by atoms with van der Waals surface area (Å²) in [6.07, 6.45) is 2.74. The number of fused-ring (bicyclic) bond motifs is 1. The average Bonchev–Trinajstić information content (AvgIpc) is 2.62. The summed E-state index contributed by atoms with van der Waals surface area (Å²) in [4.78, 5) is 0. The second-order valence-electron chi connectivity index (χ2n) is 4.33. The van der Waals surface area contributed by atoms with Crippen molar-refractivity contribution in [1.29, 1.82) is 0 Å². The van der Waals surface area contributed by atoms with Gasteiger partial charge in [-0.2, -0.15) is 0 Å². The third-order valence-electron chi connectivity index (χ3n) is 2.77. The molecule has 2 N–H and O–H groups in total. The Hall–Kier alpha value is -1.28. The molecule has 0 aliphatic heterocycles. The van der Waals surface area contributed by atoms with E-state index in [-0.39, 0.29) is 6.04 Å². The molecule has 15 heavy (non-hydrogen) atoms. The summed E-state index contributed by atoms with van der Waals surface area (Å²) >= 11 is 0. The van der Waals surface area contributed by atoms with Gasteiger partial charge in [-0.15, -0.1) is 0 Å². The van der Waals surface area contributed by atoms with Crippen molar-refractivity contribution in [3.63, 3.8) is 0 Å². The monoisotopic (exact) mass is 203 g/mol. The van der Waals surface area contributed by atoms with Crippen LogP contribution < -0.4 is 5.73 Å². The maximum absolute atomic E-state index is 5.80. The fourth-order valence-corrected chi connectivity index (χ4v) is 1.99. The van der Waals surface area contributed by atoms with Crippen molar-refractivity contribution in [1.82, 2.24) is 0 Å². The highest BCUT2D eigenvalue weighted by Crippen LogP contribution is 2.24. The van der Waals surface area contributed by atoms with Gasteiger partial charge in [0.25, 0.3) is 0 Å². The van der Waals surface area contributed by atoms with Crippen molar-refractivity contribution in [2.24, 2.45) is 5.73 Å². The molecule has 0 amide bonds. The van der Waals surface area contributed by atoms with Crippen LogP contribution in [0.1, 0.15) is 31.7 Å². The first-order valence-electron chi connectivity index (χ1n) is 5.39. The summed E-state index contributed by atoms with van der Waals surface area (Å²) in [7, 11) is 0. The molecule has 2 nitrogen and oxygen atoms in total. The van der Waals surface area contributed by atoms with Crippen LogP contribution >= 0.6 is 0 Å². The third kappa shape index (κ3) is 2.21. The third-order valence-corrected chi connectivity index (χ3v) is 2.77. The molecule has 0 bridgehead atoms. The van der Waals surface area contributed by atoms with Crippen molar-refractivity contribution in [2.45, 2.75) is 32.2 Å². The molecule has 2 aromatic rings. The molecule has 0 spiro atoms. The Morgan fingerprint density at radius 1 is 1.27 bits per heavy atom. The first-order valence-corrected chi connectivity index (χ1v) is 5.39. The molecule has 0 fully saturated rings. The van der Waals surface area contributed by atoms with E-state index in [4.69, 9.17) is 10.2 Å². The second-order valence-corrected chi connectivity index (χ2v) is 4.33. The first-order chi connectivity index (χ1) is 7.16. The van der Waals surface area contributed by atoms with Gasteiger partial charge in [-0.3, -0.25) is 0 Å². The van der Waals surface area contributed by atoms with Gasteiger partial charge in [0.05, 0.1) is 6.26 Å². The van der Waals surface area contributed by atoms with Crippen LogP contribution in [0.3, 0.4) is 0 Å². The molecule has 0 saturated carbocycles. The molecule has 1 heterocycles. The Kier molecular flexibility index (Phi) is 2.78. The fourth-order valence-electron chi connectivity index (χ4n) is 1.99. The number of furan rings is 1. The zero-order chi connectivity index (χ0) is 10.8. The number of hydrogen-bond acceptors (Lipinski definition) is 2. The summed E-state index contributed by atoms with van der Waals surface area (Å²) in [5.41, 5.74) is 8.09. The van der Waals surface area contributed by atoms with E-state index in [1.165, 1.54) is 10.9 Å². The number of rotatable bonds is 3. The molecule has 2 rings (SSSR count). The highest BCUT2D eigenvalue weighted by atomic mass is 16.3. The van der Waals surface area contributed by atoms with Gasteiger partial charge in [0, 0.05) is 11.4 Å². The molecule has 2 atom stereocenters. The van der Waals surface area contributed by atoms with Crippen LogP contribution in [0.2, 0.25) is 0 Å². The summed E-state index contributed by atoms with van der Waals surface area (Å²) in [5.74, 6) is 0.504. The summed E-state index contributed by atoms with van der Waals surface area (Å²) in [6, 6.07) is 8.59. The second kappa shape index (κ2) is 4.07. The zero-order valence-corrected chi connectivity index (χ0v) is 9.23. The Bertz CT molecular complexity index is 444.